The van der Waals surface area contributed by atoms with Crippen molar-refractivity contribution < 1.29 is 4.92 Å². The van der Waals surface area contributed by atoms with Crippen LogP contribution < -0.4 is 11.1 Å². The molecule has 0 aliphatic rings. The molecule has 0 unspecified atom stereocenters. The first kappa shape index (κ1) is 15.2. The van der Waals surface area contributed by atoms with Gasteiger partial charge in [0.1, 0.15) is 0 Å². The van der Waals surface area contributed by atoms with Gasteiger partial charge in [0.15, 0.2) is 0 Å². The SMILES string of the molecule is CCC(CC)(CN)Nc1ccc([N+](=O)[O-])cc1I. The van der Waals surface area contributed by atoms with Crippen molar-refractivity contribution in [3.8, 4) is 0 Å². The average Bonchev–Trinajstić information content (AvgIpc) is 2.38. The van der Waals surface area contributed by atoms with Crippen molar-refractivity contribution in [1.29, 1.82) is 0 Å². The highest BCUT2D eigenvalue weighted by molar-refractivity contribution is 14.1. The van der Waals surface area contributed by atoms with Crippen LogP contribution in [0.1, 0.15) is 26.7 Å². The highest BCUT2D eigenvalue weighted by Gasteiger charge is 2.25. The Hall–Kier alpha value is -0.890. The Kier molecular flexibility index (Phi) is 5.33. The van der Waals surface area contributed by atoms with Crippen molar-refractivity contribution >= 4 is 34.0 Å². The average molecular weight is 363 g/mol. The van der Waals surface area contributed by atoms with E-state index in [1.54, 1.807) is 12.1 Å². The van der Waals surface area contributed by atoms with Gasteiger partial charge in [-0.15, -0.1) is 0 Å². The second-order valence-corrected chi connectivity index (χ2v) is 5.40. The van der Waals surface area contributed by atoms with E-state index in [1.165, 1.54) is 6.07 Å². The van der Waals surface area contributed by atoms with Crippen LogP contribution in [0.3, 0.4) is 0 Å². The van der Waals surface area contributed by atoms with E-state index in [4.69, 9.17) is 5.73 Å². The molecule has 0 spiro atoms. The fourth-order valence-electron chi connectivity index (χ4n) is 1.77. The molecule has 5 nitrogen and oxygen atoms in total. The van der Waals surface area contributed by atoms with Crippen molar-refractivity contribution in [3.05, 3.63) is 31.9 Å². The molecule has 0 aliphatic carbocycles. The number of nitro benzene ring substituents is 1. The first-order valence-electron chi connectivity index (χ1n) is 5.90. The van der Waals surface area contributed by atoms with Gasteiger partial charge >= 0.3 is 0 Å². The number of benzene rings is 1. The normalized spacial score (nSPS) is 11.3. The van der Waals surface area contributed by atoms with Crippen LogP contribution in [-0.4, -0.2) is 17.0 Å². The summed E-state index contributed by atoms with van der Waals surface area (Å²) in [6.45, 7) is 4.70. The zero-order valence-corrected chi connectivity index (χ0v) is 12.7. The number of halogens is 1. The molecule has 0 aliphatic heterocycles. The number of hydrogen-bond donors (Lipinski definition) is 2. The number of non-ortho nitro benzene ring substituents is 1. The number of nitrogens with two attached hydrogens (primary N) is 1. The Morgan fingerprint density at radius 3 is 2.44 bits per heavy atom. The lowest BCUT2D eigenvalue weighted by molar-refractivity contribution is -0.384. The Bertz CT molecular complexity index is 425. The standard InChI is InChI=1S/C12H18IN3O2/c1-3-12(4-2,8-14)15-11-6-5-9(16(17)18)7-10(11)13/h5-7,15H,3-4,8,14H2,1-2H3. The summed E-state index contributed by atoms with van der Waals surface area (Å²) in [5.74, 6) is 0. The van der Waals surface area contributed by atoms with Gasteiger partial charge in [-0.05, 0) is 41.5 Å². The van der Waals surface area contributed by atoms with Gasteiger partial charge in [0.2, 0.25) is 0 Å². The number of rotatable bonds is 6. The van der Waals surface area contributed by atoms with E-state index in [9.17, 15) is 10.1 Å². The minimum absolute atomic E-state index is 0.108. The summed E-state index contributed by atoms with van der Waals surface area (Å²) in [6, 6.07) is 4.82. The van der Waals surface area contributed by atoms with Gasteiger partial charge in [0, 0.05) is 33.5 Å². The van der Waals surface area contributed by atoms with Crippen molar-refractivity contribution in [2.45, 2.75) is 32.2 Å². The molecule has 0 heterocycles. The molecule has 0 amide bonds. The number of hydrogen-bond acceptors (Lipinski definition) is 4. The molecule has 0 atom stereocenters. The first-order valence-corrected chi connectivity index (χ1v) is 6.98. The van der Waals surface area contributed by atoms with E-state index in [0.29, 0.717) is 6.54 Å². The fourth-order valence-corrected chi connectivity index (χ4v) is 2.40. The molecule has 0 aromatic heterocycles. The van der Waals surface area contributed by atoms with Crippen molar-refractivity contribution in [3.63, 3.8) is 0 Å². The summed E-state index contributed by atoms with van der Waals surface area (Å²) in [7, 11) is 0. The molecule has 0 radical (unpaired) electrons. The number of nitrogens with zero attached hydrogens (tertiary/aromatic N) is 1. The van der Waals surface area contributed by atoms with Crippen molar-refractivity contribution in [1.82, 2.24) is 0 Å². The Labute approximate surface area is 120 Å². The monoisotopic (exact) mass is 363 g/mol. The molecule has 6 heteroatoms. The molecule has 0 saturated carbocycles. The van der Waals surface area contributed by atoms with E-state index in [2.05, 4.69) is 41.8 Å². The topological polar surface area (TPSA) is 81.2 Å². The van der Waals surface area contributed by atoms with E-state index >= 15 is 0 Å². The van der Waals surface area contributed by atoms with Crippen LogP contribution in [-0.2, 0) is 0 Å². The van der Waals surface area contributed by atoms with Crippen molar-refractivity contribution in [2.75, 3.05) is 11.9 Å². The molecule has 100 valence electrons. The molecule has 0 bridgehead atoms. The van der Waals surface area contributed by atoms with Crippen molar-refractivity contribution in [2.24, 2.45) is 5.73 Å². The summed E-state index contributed by atoms with van der Waals surface area (Å²) in [4.78, 5) is 10.3. The highest BCUT2D eigenvalue weighted by atomic mass is 127. The molecule has 3 N–H and O–H groups in total. The van der Waals surface area contributed by atoms with Gasteiger partial charge in [-0.25, -0.2) is 0 Å². The molecule has 0 saturated heterocycles. The zero-order valence-electron chi connectivity index (χ0n) is 10.6. The lowest BCUT2D eigenvalue weighted by Gasteiger charge is -2.33. The largest absolute Gasteiger partial charge is 0.377 e. The lowest BCUT2D eigenvalue weighted by Crippen LogP contribution is -2.44. The molecule has 18 heavy (non-hydrogen) atoms. The molecule has 1 aromatic carbocycles. The smallest absolute Gasteiger partial charge is 0.270 e. The van der Waals surface area contributed by atoms with Crippen LogP contribution in [0, 0.1) is 13.7 Å². The maximum Gasteiger partial charge on any atom is 0.270 e. The number of nitrogens with one attached hydrogen (secondary N) is 1. The van der Waals surface area contributed by atoms with E-state index in [0.717, 1.165) is 22.1 Å². The number of nitro groups is 1. The van der Waals surface area contributed by atoms with Crippen LogP contribution in [0.15, 0.2) is 18.2 Å². The fraction of sp³-hybridized carbons (Fsp3) is 0.500. The third kappa shape index (κ3) is 3.32. The van der Waals surface area contributed by atoms with Crippen LogP contribution in [0.25, 0.3) is 0 Å². The second kappa shape index (κ2) is 6.33. The van der Waals surface area contributed by atoms with Crippen LogP contribution in [0.4, 0.5) is 11.4 Å². The van der Waals surface area contributed by atoms with Gasteiger partial charge in [-0.2, -0.15) is 0 Å². The predicted octanol–water partition coefficient (Wildman–Crippen LogP) is 3.13. The molecular weight excluding hydrogens is 345 g/mol. The minimum atomic E-state index is -0.387. The summed E-state index contributed by atoms with van der Waals surface area (Å²) >= 11 is 2.10. The molecule has 1 aromatic rings. The van der Waals surface area contributed by atoms with Gasteiger partial charge in [-0.3, -0.25) is 10.1 Å². The van der Waals surface area contributed by atoms with Gasteiger partial charge in [-0.1, -0.05) is 13.8 Å². The third-order valence-electron chi connectivity index (χ3n) is 3.31. The lowest BCUT2D eigenvalue weighted by atomic mass is 9.92. The van der Waals surface area contributed by atoms with E-state index < -0.39 is 0 Å². The predicted molar refractivity (Wildman–Crippen MR) is 81.8 cm³/mol. The Balaban J connectivity index is 3.01. The van der Waals surface area contributed by atoms with Crippen LogP contribution in [0.5, 0.6) is 0 Å². The summed E-state index contributed by atoms with van der Waals surface area (Å²) in [5, 5.41) is 14.1. The van der Waals surface area contributed by atoms with Crippen LogP contribution >= 0.6 is 22.6 Å². The Morgan fingerprint density at radius 1 is 1.44 bits per heavy atom. The van der Waals surface area contributed by atoms with E-state index in [1.807, 2.05) is 0 Å². The maximum atomic E-state index is 10.7. The minimum Gasteiger partial charge on any atom is -0.377 e. The summed E-state index contributed by atoms with van der Waals surface area (Å²) in [6.07, 6.45) is 1.82. The third-order valence-corrected chi connectivity index (χ3v) is 4.20. The zero-order chi connectivity index (χ0) is 13.8. The maximum absolute atomic E-state index is 10.7. The quantitative estimate of drug-likeness (QED) is 0.462. The van der Waals surface area contributed by atoms with Gasteiger partial charge < -0.3 is 11.1 Å². The highest BCUT2D eigenvalue weighted by Crippen LogP contribution is 2.28. The van der Waals surface area contributed by atoms with E-state index in [-0.39, 0.29) is 16.1 Å². The molecule has 0 fully saturated rings. The molecule has 1 rings (SSSR count). The summed E-state index contributed by atoms with van der Waals surface area (Å²) in [5.41, 5.74) is 6.70. The second-order valence-electron chi connectivity index (χ2n) is 4.24. The van der Waals surface area contributed by atoms with Gasteiger partial charge in [0.05, 0.1) is 4.92 Å². The van der Waals surface area contributed by atoms with Gasteiger partial charge in [0.25, 0.3) is 5.69 Å². The Morgan fingerprint density at radius 2 is 2.06 bits per heavy atom. The summed E-state index contributed by atoms with van der Waals surface area (Å²) < 4.78 is 0.835. The van der Waals surface area contributed by atoms with Crippen LogP contribution in [0.2, 0.25) is 0 Å². The first-order chi connectivity index (χ1) is 8.48. The molecular formula is C12H18IN3O2. The number of anilines is 1.